The minimum atomic E-state index is -0.876. The number of hydrogen-bond acceptors (Lipinski definition) is 5. The zero-order chi connectivity index (χ0) is 18.9. The van der Waals surface area contributed by atoms with E-state index < -0.39 is 12.1 Å². The normalized spacial score (nSPS) is 11.3. The summed E-state index contributed by atoms with van der Waals surface area (Å²) in [5.41, 5.74) is 0.897. The van der Waals surface area contributed by atoms with Crippen molar-refractivity contribution in [2.24, 2.45) is 0 Å². The van der Waals surface area contributed by atoms with Crippen molar-refractivity contribution in [3.8, 4) is 6.07 Å². The predicted octanol–water partition coefficient (Wildman–Crippen LogP) is 3.78. The summed E-state index contributed by atoms with van der Waals surface area (Å²) in [6.07, 6.45) is -0.0667. The third-order valence-corrected chi connectivity index (χ3v) is 4.69. The van der Waals surface area contributed by atoms with Gasteiger partial charge in [0, 0.05) is 16.3 Å². The van der Waals surface area contributed by atoms with Gasteiger partial charge in [0.05, 0.1) is 11.1 Å². The Morgan fingerprint density at radius 2 is 1.81 bits per heavy atom. The van der Waals surface area contributed by atoms with Gasteiger partial charge in [-0.05, 0) is 37.6 Å². The molecular weight excluding hydrogens is 348 g/mol. The number of rotatable bonds is 7. The number of benzene rings is 2. The van der Waals surface area contributed by atoms with Crippen LogP contribution in [0.2, 0.25) is 0 Å². The van der Waals surface area contributed by atoms with Gasteiger partial charge in [-0.15, -0.1) is 0 Å². The first-order valence-electron chi connectivity index (χ1n) is 8.31. The minimum Gasteiger partial charge on any atom is -0.449 e. The first-order chi connectivity index (χ1) is 12.6. The molecule has 1 unspecified atom stereocenters. The Morgan fingerprint density at radius 3 is 2.50 bits per heavy atom. The Hall–Kier alpha value is -2.78. The summed E-state index contributed by atoms with van der Waals surface area (Å²) in [7, 11) is 0. The van der Waals surface area contributed by atoms with Gasteiger partial charge in [-0.2, -0.15) is 5.26 Å². The average Bonchev–Trinajstić information content (AvgIpc) is 2.66. The monoisotopic (exact) mass is 368 g/mol. The molecule has 2 aromatic rings. The summed E-state index contributed by atoms with van der Waals surface area (Å²) < 4.78 is 5.30. The maximum absolute atomic E-state index is 12.5. The van der Waals surface area contributed by atoms with E-state index in [0.717, 1.165) is 11.3 Å². The molecule has 0 aliphatic carbocycles. The summed E-state index contributed by atoms with van der Waals surface area (Å²) in [5, 5.41) is 11.9. The highest BCUT2D eigenvalue weighted by Gasteiger charge is 2.21. The fourth-order valence-electron chi connectivity index (χ4n) is 2.16. The summed E-state index contributed by atoms with van der Waals surface area (Å²) in [5.74, 6) is -0.887. The molecular formula is C20H20N2O3S. The number of nitrogens with zero attached hydrogens (tertiary/aromatic N) is 1. The van der Waals surface area contributed by atoms with Crippen LogP contribution in [-0.4, -0.2) is 24.5 Å². The third kappa shape index (κ3) is 5.11. The van der Waals surface area contributed by atoms with Crippen molar-refractivity contribution in [3.63, 3.8) is 0 Å². The van der Waals surface area contributed by atoms with Crippen LogP contribution in [0.15, 0.2) is 58.3 Å². The van der Waals surface area contributed by atoms with Crippen molar-refractivity contribution >= 4 is 23.6 Å². The van der Waals surface area contributed by atoms with E-state index in [0.29, 0.717) is 22.6 Å². The molecule has 1 atom stereocenters. The van der Waals surface area contributed by atoms with Gasteiger partial charge < -0.3 is 10.1 Å². The van der Waals surface area contributed by atoms with E-state index in [2.05, 4.69) is 11.4 Å². The van der Waals surface area contributed by atoms with Crippen molar-refractivity contribution < 1.29 is 14.3 Å². The molecule has 0 aromatic heterocycles. The van der Waals surface area contributed by atoms with E-state index in [1.807, 2.05) is 25.1 Å². The number of carbonyl (C=O) groups is 2. The number of amides is 1. The first kappa shape index (κ1) is 19.5. The highest BCUT2D eigenvalue weighted by molar-refractivity contribution is 7.99. The molecule has 0 saturated carbocycles. The van der Waals surface area contributed by atoms with E-state index in [9.17, 15) is 14.9 Å². The number of esters is 1. The van der Waals surface area contributed by atoms with Crippen LogP contribution in [0.4, 0.5) is 0 Å². The van der Waals surface area contributed by atoms with Gasteiger partial charge in [0.25, 0.3) is 5.91 Å². The molecule has 5 nitrogen and oxygen atoms in total. The number of nitriles is 1. The maximum Gasteiger partial charge on any atom is 0.340 e. The topological polar surface area (TPSA) is 79.2 Å². The van der Waals surface area contributed by atoms with Crippen LogP contribution in [0.3, 0.4) is 0 Å². The van der Waals surface area contributed by atoms with Crippen LogP contribution in [0.25, 0.3) is 0 Å². The Kier molecular flexibility index (Phi) is 7.24. The van der Waals surface area contributed by atoms with Crippen LogP contribution >= 0.6 is 11.8 Å². The molecule has 2 aromatic carbocycles. The van der Waals surface area contributed by atoms with Gasteiger partial charge in [-0.1, -0.05) is 43.0 Å². The van der Waals surface area contributed by atoms with Crippen molar-refractivity contribution in [1.29, 1.82) is 5.26 Å². The quantitative estimate of drug-likeness (QED) is 0.753. The summed E-state index contributed by atoms with van der Waals surface area (Å²) in [6, 6.07) is 16.3. The van der Waals surface area contributed by atoms with E-state index in [1.165, 1.54) is 11.8 Å². The largest absolute Gasteiger partial charge is 0.449 e. The molecule has 0 radical (unpaired) electrons. The molecule has 26 heavy (non-hydrogen) atoms. The lowest BCUT2D eigenvalue weighted by atomic mass is 10.2. The third-order valence-electron chi connectivity index (χ3n) is 3.54. The summed E-state index contributed by atoms with van der Waals surface area (Å²) in [4.78, 5) is 25.8. The fraction of sp³-hybridized carbons (Fsp3) is 0.250. The zero-order valence-corrected chi connectivity index (χ0v) is 15.5. The lowest BCUT2D eigenvalue weighted by Crippen LogP contribution is -2.36. The second-order valence-corrected chi connectivity index (χ2v) is 6.63. The molecule has 0 aliphatic rings. The Balaban J connectivity index is 2.17. The number of ether oxygens (including phenoxy) is 1. The SMILES string of the molecule is CCCNC(=O)C(C)OC(=O)c1ccccc1Sc1ccccc1C#N. The van der Waals surface area contributed by atoms with Crippen molar-refractivity contribution in [2.45, 2.75) is 36.2 Å². The molecule has 0 spiro atoms. The average molecular weight is 368 g/mol. The van der Waals surface area contributed by atoms with Crippen molar-refractivity contribution in [3.05, 3.63) is 59.7 Å². The highest BCUT2D eigenvalue weighted by Crippen LogP contribution is 2.32. The lowest BCUT2D eigenvalue weighted by Gasteiger charge is -2.15. The van der Waals surface area contributed by atoms with Crippen LogP contribution in [0, 0.1) is 11.3 Å². The van der Waals surface area contributed by atoms with Gasteiger partial charge in [0.2, 0.25) is 0 Å². The maximum atomic E-state index is 12.5. The second-order valence-electron chi connectivity index (χ2n) is 5.54. The lowest BCUT2D eigenvalue weighted by molar-refractivity contribution is -0.129. The number of nitrogens with one attached hydrogen (secondary N) is 1. The molecule has 6 heteroatoms. The number of carbonyl (C=O) groups excluding carboxylic acids is 2. The van der Waals surface area contributed by atoms with E-state index in [-0.39, 0.29) is 5.91 Å². The van der Waals surface area contributed by atoms with Crippen molar-refractivity contribution in [2.75, 3.05) is 6.54 Å². The molecule has 1 N–H and O–H groups in total. The molecule has 0 fully saturated rings. The van der Waals surface area contributed by atoms with Gasteiger partial charge in [-0.25, -0.2) is 4.79 Å². The molecule has 1 amide bonds. The summed E-state index contributed by atoms with van der Waals surface area (Å²) in [6.45, 7) is 4.03. The predicted molar refractivity (Wildman–Crippen MR) is 99.9 cm³/mol. The molecule has 134 valence electrons. The highest BCUT2D eigenvalue weighted by atomic mass is 32.2. The zero-order valence-electron chi connectivity index (χ0n) is 14.7. The Labute approximate surface area is 157 Å². The van der Waals surface area contributed by atoms with Crippen LogP contribution in [0.1, 0.15) is 36.2 Å². The van der Waals surface area contributed by atoms with Gasteiger partial charge in [0.15, 0.2) is 6.10 Å². The van der Waals surface area contributed by atoms with Crippen LogP contribution in [0.5, 0.6) is 0 Å². The standard InChI is InChI=1S/C20H20N2O3S/c1-3-12-22-19(23)14(2)25-20(24)16-9-5-7-11-18(16)26-17-10-6-4-8-15(17)13-21/h4-11,14H,3,12H2,1-2H3,(H,22,23). The minimum absolute atomic E-state index is 0.319. The summed E-state index contributed by atoms with van der Waals surface area (Å²) >= 11 is 1.32. The Morgan fingerprint density at radius 1 is 1.15 bits per heavy atom. The molecule has 2 rings (SSSR count). The van der Waals surface area contributed by atoms with Crippen molar-refractivity contribution in [1.82, 2.24) is 5.32 Å². The number of hydrogen-bond donors (Lipinski definition) is 1. The van der Waals surface area contributed by atoms with E-state index >= 15 is 0 Å². The molecule has 0 aliphatic heterocycles. The molecule has 0 bridgehead atoms. The smallest absolute Gasteiger partial charge is 0.340 e. The van der Waals surface area contributed by atoms with E-state index in [1.54, 1.807) is 37.3 Å². The molecule has 0 saturated heterocycles. The second kappa shape index (κ2) is 9.64. The van der Waals surface area contributed by atoms with Gasteiger partial charge in [-0.3, -0.25) is 4.79 Å². The van der Waals surface area contributed by atoms with E-state index in [4.69, 9.17) is 4.74 Å². The van der Waals surface area contributed by atoms with Crippen LogP contribution < -0.4 is 5.32 Å². The van der Waals surface area contributed by atoms with Gasteiger partial charge in [0.1, 0.15) is 6.07 Å². The first-order valence-corrected chi connectivity index (χ1v) is 9.13. The fourth-order valence-corrected chi connectivity index (χ4v) is 3.18. The van der Waals surface area contributed by atoms with Crippen LogP contribution in [-0.2, 0) is 9.53 Å². The molecule has 0 heterocycles. The van der Waals surface area contributed by atoms with Gasteiger partial charge >= 0.3 is 5.97 Å². The Bertz CT molecular complexity index is 830.